The van der Waals surface area contributed by atoms with E-state index in [2.05, 4.69) is 6.92 Å². The molecule has 1 aliphatic rings. The van der Waals surface area contributed by atoms with E-state index in [1.54, 1.807) is 29.2 Å². The first-order chi connectivity index (χ1) is 9.93. The zero-order chi connectivity index (χ0) is 15.5. The molecule has 1 aromatic rings. The summed E-state index contributed by atoms with van der Waals surface area (Å²) in [6.07, 6.45) is 2.37. The molecule has 5 nitrogen and oxygen atoms in total. The van der Waals surface area contributed by atoms with Gasteiger partial charge in [-0.2, -0.15) is 0 Å². The van der Waals surface area contributed by atoms with Crippen molar-refractivity contribution in [2.24, 2.45) is 0 Å². The fourth-order valence-electron chi connectivity index (χ4n) is 2.59. The van der Waals surface area contributed by atoms with Crippen molar-refractivity contribution in [3.8, 4) is 0 Å². The monoisotopic (exact) mass is 310 g/mol. The summed E-state index contributed by atoms with van der Waals surface area (Å²) in [5, 5.41) is 0. The molecule has 1 aliphatic heterocycles. The topological polar surface area (TPSA) is 80.5 Å². The Labute approximate surface area is 126 Å². The molecule has 1 saturated heterocycles. The quantitative estimate of drug-likeness (QED) is 0.839. The van der Waals surface area contributed by atoms with Crippen LogP contribution in [0.1, 0.15) is 36.5 Å². The van der Waals surface area contributed by atoms with E-state index in [1.165, 1.54) is 0 Å². The van der Waals surface area contributed by atoms with Crippen LogP contribution in [0.15, 0.2) is 24.3 Å². The van der Waals surface area contributed by atoms with Gasteiger partial charge in [0.25, 0.3) is 5.91 Å². The summed E-state index contributed by atoms with van der Waals surface area (Å²) in [4.78, 5) is 14.4. The molecule has 0 saturated carbocycles. The Bertz CT molecular complexity index is 596. The number of sulfone groups is 1. The zero-order valence-electron chi connectivity index (χ0n) is 12.3. The lowest BCUT2D eigenvalue weighted by atomic mass is 10.1. The number of nitrogens with two attached hydrogens (primary N) is 1. The summed E-state index contributed by atoms with van der Waals surface area (Å²) >= 11 is 0. The molecule has 1 amide bonds. The van der Waals surface area contributed by atoms with Crippen molar-refractivity contribution in [2.75, 3.05) is 23.8 Å². The lowest BCUT2D eigenvalue weighted by Gasteiger charge is -2.28. The van der Waals surface area contributed by atoms with E-state index in [4.69, 9.17) is 5.73 Å². The van der Waals surface area contributed by atoms with Gasteiger partial charge in [0.1, 0.15) is 0 Å². The molecule has 2 N–H and O–H groups in total. The van der Waals surface area contributed by atoms with Crippen LogP contribution in [0.4, 0.5) is 5.69 Å². The minimum atomic E-state index is -3.00. The molecule has 1 aromatic carbocycles. The van der Waals surface area contributed by atoms with Crippen LogP contribution in [0.5, 0.6) is 0 Å². The van der Waals surface area contributed by atoms with Crippen molar-refractivity contribution in [1.29, 1.82) is 0 Å². The van der Waals surface area contributed by atoms with E-state index >= 15 is 0 Å². The number of amides is 1. The second-order valence-corrected chi connectivity index (χ2v) is 7.76. The largest absolute Gasteiger partial charge is 0.399 e. The molecular formula is C15H22N2O3S. The number of nitrogen functional groups attached to an aromatic ring is 1. The fourth-order valence-corrected chi connectivity index (χ4v) is 4.32. The van der Waals surface area contributed by atoms with Crippen LogP contribution >= 0.6 is 0 Å². The summed E-state index contributed by atoms with van der Waals surface area (Å²) in [6, 6.07) is 6.57. The molecule has 2 rings (SSSR count). The van der Waals surface area contributed by atoms with Crippen LogP contribution in [-0.4, -0.2) is 43.3 Å². The molecule has 0 spiro atoms. The number of carbonyl (C=O) groups is 1. The van der Waals surface area contributed by atoms with Gasteiger partial charge in [-0.15, -0.1) is 0 Å². The summed E-state index contributed by atoms with van der Waals surface area (Å²) in [5.74, 6) is 0.151. The average Bonchev–Trinajstić information content (AvgIpc) is 2.80. The molecule has 1 unspecified atom stereocenters. The van der Waals surface area contributed by atoms with E-state index in [9.17, 15) is 13.2 Å². The molecule has 0 aliphatic carbocycles. The number of hydrogen-bond donors (Lipinski definition) is 1. The standard InChI is InChI=1S/C15H22N2O3S/c1-2-3-9-17(14-8-10-21(19,20)11-14)15(18)12-4-6-13(16)7-5-12/h4-7,14H,2-3,8-11,16H2,1H3. The van der Waals surface area contributed by atoms with E-state index in [0.717, 1.165) is 12.8 Å². The molecule has 1 atom stereocenters. The van der Waals surface area contributed by atoms with Crippen molar-refractivity contribution in [3.05, 3.63) is 29.8 Å². The van der Waals surface area contributed by atoms with Crippen LogP contribution in [0.25, 0.3) is 0 Å². The maximum atomic E-state index is 12.7. The molecule has 0 aromatic heterocycles. The van der Waals surface area contributed by atoms with Crippen LogP contribution in [-0.2, 0) is 9.84 Å². The number of benzene rings is 1. The predicted octanol–water partition coefficient (Wildman–Crippen LogP) is 1.70. The van der Waals surface area contributed by atoms with Gasteiger partial charge in [0.15, 0.2) is 9.84 Å². The first-order valence-electron chi connectivity index (χ1n) is 7.30. The zero-order valence-corrected chi connectivity index (χ0v) is 13.1. The van der Waals surface area contributed by atoms with Gasteiger partial charge in [-0.25, -0.2) is 8.42 Å². The Morgan fingerprint density at radius 3 is 2.52 bits per heavy atom. The average molecular weight is 310 g/mol. The van der Waals surface area contributed by atoms with Crippen LogP contribution < -0.4 is 5.73 Å². The Hall–Kier alpha value is -1.56. The van der Waals surface area contributed by atoms with Crippen LogP contribution in [0.2, 0.25) is 0 Å². The summed E-state index contributed by atoms with van der Waals surface area (Å²) in [6.45, 7) is 2.65. The maximum absolute atomic E-state index is 12.7. The normalized spacial score (nSPS) is 20.3. The second-order valence-electron chi connectivity index (χ2n) is 5.53. The van der Waals surface area contributed by atoms with E-state index in [1.807, 2.05) is 0 Å². The van der Waals surface area contributed by atoms with Gasteiger partial charge in [0.2, 0.25) is 0 Å². The minimum Gasteiger partial charge on any atom is -0.399 e. The smallest absolute Gasteiger partial charge is 0.254 e. The number of unbranched alkanes of at least 4 members (excludes halogenated alkanes) is 1. The van der Waals surface area contributed by atoms with Gasteiger partial charge >= 0.3 is 0 Å². The first kappa shape index (κ1) is 15.8. The summed E-state index contributed by atoms with van der Waals surface area (Å²) in [5.41, 5.74) is 6.80. The third kappa shape index (κ3) is 3.97. The van der Waals surface area contributed by atoms with Crippen molar-refractivity contribution < 1.29 is 13.2 Å². The SMILES string of the molecule is CCCCN(C(=O)c1ccc(N)cc1)C1CCS(=O)(=O)C1. The van der Waals surface area contributed by atoms with Gasteiger partial charge in [0, 0.05) is 23.8 Å². The maximum Gasteiger partial charge on any atom is 0.254 e. The fraction of sp³-hybridized carbons (Fsp3) is 0.533. The van der Waals surface area contributed by atoms with Gasteiger partial charge in [-0.05, 0) is 37.1 Å². The highest BCUT2D eigenvalue weighted by Crippen LogP contribution is 2.21. The van der Waals surface area contributed by atoms with Gasteiger partial charge in [-0.1, -0.05) is 13.3 Å². The highest BCUT2D eigenvalue weighted by atomic mass is 32.2. The first-order valence-corrected chi connectivity index (χ1v) is 9.12. The number of rotatable bonds is 5. The third-order valence-corrected chi connectivity index (χ3v) is 5.57. The molecular weight excluding hydrogens is 288 g/mol. The molecule has 0 bridgehead atoms. The highest BCUT2D eigenvalue weighted by Gasteiger charge is 2.34. The summed E-state index contributed by atoms with van der Waals surface area (Å²) in [7, 11) is -3.00. The molecule has 1 fully saturated rings. The van der Waals surface area contributed by atoms with Crippen molar-refractivity contribution in [1.82, 2.24) is 4.90 Å². The van der Waals surface area contributed by atoms with Crippen LogP contribution in [0, 0.1) is 0 Å². The lowest BCUT2D eigenvalue weighted by molar-refractivity contribution is 0.0694. The van der Waals surface area contributed by atoms with E-state index < -0.39 is 9.84 Å². The third-order valence-electron chi connectivity index (χ3n) is 3.82. The number of nitrogens with zero attached hydrogens (tertiary/aromatic N) is 1. The van der Waals surface area contributed by atoms with E-state index in [-0.39, 0.29) is 23.5 Å². The highest BCUT2D eigenvalue weighted by molar-refractivity contribution is 7.91. The lowest BCUT2D eigenvalue weighted by Crippen LogP contribution is -2.41. The molecule has 0 radical (unpaired) electrons. The Kier molecular flexibility index (Phi) is 4.88. The Balaban J connectivity index is 2.19. The molecule has 6 heteroatoms. The van der Waals surface area contributed by atoms with E-state index in [0.29, 0.717) is 24.2 Å². The summed E-state index contributed by atoms with van der Waals surface area (Å²) < 4.78 is 23.3. The Morgan fingerprint density at radius 1 is 1.33 bits per heavy atom. The van der Waals surface area contributed by atoms with Crippen LogP contribution in [0.3, 0.4) is 0 Å². The molecule has 21 heavy (non-hydrogen) atoms. The van der Waals surface area contributed by atoms with Gasteiger partial charge in [-0.3, -0.25) is 4.79 Å². The molecule has 116 valence electrons. The Morgan fingerprint density at radius 2 is 2.00 bits per heavy atom. The number of carbonyl (C=O) groups excluding carboxylic acids is 1. The minimum absolute atomic E-state index is 0.0808. The van der Waals surface area contributed by atoms with Crippen molar-refractivity contribution in [3.63, 3.8) is 0 Å². The van der Waals surface area contributed by atoms with Crippen molar-refractivity contribution in [2.45, 2.75) is 32.2 Å². The number of hydrogen-bond acceptors (Lipinski definition) is 4. The number of anilines is 1. The molecule has 1 heterocycles. The van der Waals surface area contributed by atoms with Gasteiger partial charge in [0.05, 0.1) is 11.5 Å². The second kappa shape index (κ2) is 6.47. The van der Waals surface area contributed by atoms with Gasteiger partial charge < -0.3 is 10.6 Å². The predicted molar refractivity (Wildman–Crippen MR) is 83.9 cm³/mol. The van der Waals surface area contributed by atoms with Crippen molar-refractivity contribution >= 4 is 21.4 Å².